The van der Waals surface area contributed by atoms with E-state index in [0.717, 1.165) is 49.4 Å². The quantitative estimate of drug-likeness (QED) is 0.524. The lowest BCUT2D eigenvalue weighted by molar-refractivity contribution is -0.192. The molecule has 1 N–H and O–H groups in total. The minimum absolute atomic E-state index is 0.0252. The number of aliphatic carboxylic acids is 1. The van der Waals surface area contributed by atoms with E-state index in [9.17, 15) is 35.9 Å². The van der Waals surface area contributed by atoms with Crippen LogP contribution in [0.1, 0.15) is 31.7 Å². The van der Waals surface area contributed by atoms with E-state index >= 15 is 0 Å². The summed E-state index contributed by atoms with van der Waals surface area (Å²) in [7, 11) is 0. The SMILES string of the molecule is CCCN1CC2CCC1[C@H]1C(=O)N(c3cccc(C(F)(F)F)c3)C(=O)[C@@H]21.O=C(O)C(F)(F)F. The maximum atomic E-state index is 13.0. The summed E-state index contributed by atoms with van der Waals surface area (Å²) in [6, 6.07) is 4.54. The van der Waals surface area contributed by atoms with Gasteiger partial charge in [0.2, 0.25) is 11.8 Å². The first-order chi connectivity index (χ1) is 15.3. The van der Waals surface area contributed by atoms with Gasteiger partial charge in [0.05, 0.1) is 23.1 Å². The summed E-state index contributed by atoms with van der Waals surface area (Å²) in [4.78, 5) is 38.2. The van der Waals surface area contributed by atoms with Crippen molar-refractivity contribution in [2.24, 2.45) is 17.8 Å². The van der Waals surface area contributed by atoms with Crippen molar-refractivity contribution in [3.05, 3.63) is 29.8 Å². The monoisotopic (exact) mass is 480 g/mol. The zero-order valence-corrected chi connectivity index (χ0v) is 17.5. The van der Waals surface area contributed by atoms with Crippen molar-refractivity contribution in [2.75, 3.05) is 18.0 Å². The molecule has 182 valence electrons. The van der Waals surface area contributed by atoms with Crippen LogP contribution >= 0.6 is 0 Å². The Morgan fingerprint density at radius 1 is 1.06 bits per heavy atom. The van der Waals surface area contributed by atoms with Crippen LogP contribution in [0.3, 0.4) is 0 Å². The molecule has 2 amide bonds. The number of alkyl halides is 6. The molecule has 0 spiro atoms. The third-order valence-electron chi connectivity index (χ3n) is 6.28. The molecule has 3 saturated heterocycles. The molecule has 5 rings (SSSR count). The third-order valence-corrected chi connectivity index (χ3v) is 6.28. The van der Waals surface area contributed by atoms with Crippen molar-refractivity contribution in [3.63, 3.8) is 0 Å². The van der Waals surface area contributed by atoms with Crippen molar-refractivity contribution >= 4 is 23.5 Å². The van der Waals surface area contributed by atoms with Gasteiger partial charge in [0.1, 0.15) is 0 Å². The molecule has 3 aliphatic heterocycles. The van der Waals surface area contributed by atoms with Gasteiger partial charge in [-0.15, -0.1) is 0 Å². The fourth-order valence-electron chi connectivity index (χ4n) is 5.03. The van der Waals surface area contributed by atoms with E-state index < -0.39 is 29.8 Å². The number of rotatable bonds is 3. The first-order valence-electron chi connectivity index (χ1n) is 10.4. The largest absolute Gasteiger partial charge is 0.490 e. The summed E-state index contributed by atoms with van der Waals surface area (Å²) in [5.74, 6) is -4.11. The number of carbonyl (C=O) groups is 3. The van der Waals surface area contributed by atoms with E-state index in [4.69, 9.17) is 9.90 Å². The molecule has 4 atom stereocenters. The second-order valence-electron chi connectivity index (χ2n) is 8.31. The highest BCUT2D eigenvalue weighted by atomic mass is 19.4. The summed E-state index contributed by atoms with van der Waals surface area (Å²) in [5.41, 5.74) is -0.813. The fraction of sp³-hybridized carbons (Fsp3) is 0.571. The number of anilines is 1. The Hall–Kier alpha value is -2.63. The van der Waals surface area contributed by atoms with Crippen molar-refractivity contribution in [1.29, 1.82) is 0 Å². The van der Waals surface area contributed by atoms with Crippen LogP contribution in [0.4, 0.5) is 32.0 Å². The Labute approximate surface area is 185 Å². The van der Waals surface area contributed by atoms with Crippen LogP contribution in [0.5, 0.6) is 0 Å². The number of carboxylic acids is 1. The number of halogens is 6. The van der Waals surface area contributed by atoms with Crippen LogP contribution in [0.25, 0.3) is 0 Å². The van der Waals surface area contributed by atoms with Gasteiger partial charge in [0.25, 0.3) is 0 Å². The van der Waals surface area contributed by atoms with Crippen LogP contribution in [0.15, 0.2) is 24.3 Å². The minimum Gasteiger partial charge on any atom is -0.475 e. The van der Waals surface area contributed by atoms with E-state index in [-0.39, 0.29) is 35.4 Å². The predicted molar refractivity (Wildman–Crippen MR) is 103 cm³/mol. The van der Waals surface area contributed by atoms with Crippen LogP contribution in [-0.4, -0.2) is 53.1 Å². The Morgan fingerprint density at radius 3 is 2.21 bits per heavy atom. The average molecular weight is 480 g/mol. The molecule has 1 aliphatic carbocycles. The number of benzene rings is 1. The number of fused-ring (bicyclic) bond motifs is 2. The van der Waals surface area contributed by atoms with Gasteiger partial charge in [-0.2, -0.15) is 26.3 Å². The predicted octanol–water partition coefficient (Wildman–Crippen LogP) is 3.95. The summed E-state index contributed by atoms with van der Waals surface area (Å²) >= 11 is 0. The molecule has 6 nitrogen and oxygen atoms in total. The second-order valence-corrected chi connectivity index (χ2v) is 8.31. The number of carbonyl (C=O) groups excluding carboxylic acids is 2. The number of carboxylic acid groups (broad SMARTS) is 1. The van der Waals surface area contributed by atoms with Gasteiger partial charge in [-0.1, -0.05) is 13.0 Å². The van der Waals surface area contributed by atoms with Crippen LogP contribution in [-0.2, 0) is 20.6 Å². The van der Waals surface area contributed by atoms with Crippen molar-refractivity contribution in [3.8, 4) is 0 Å². The second kappa shape index (κ2) is 8.96. The van der Waals surface area contributed by atoms with Crippen LogP contribution < -0.4 is 4.90 Å². The van der Waals surface area contributed by atoms with E-state index in [1.807, 2.05) is 0 Å². The van der Waals surface area contributed by atoms with Crippen LogP contribution in [0.2, 0.25) is 0 Å². The maximum absolute atomic E-state index is 13.0. The highest BCUT2D eigenvalue weighted by molar-refractivity contribution is 6.22. The lowest BCUT2D eigenvalue weighted by atomic mass is 9.66. The molecule has 12 heteroatoms. The molecule has 0 radical (unpaired) electrons. The van der Waals surface area contributed by atoms with Crippen molar-refractivity contribution in [2.45, 2.75) is 44.6 Å². The Morgan fingerprint density at radius 2 is 1.67 bits per heavy atom. The Balaban J connectivity index is 0.000000383. The third kappa shape index (κ3) is 4.85. The first kappa shape index (κ1) is 25.0. The fourth-order valence-corrected chi connectivity index (χ4v) is 5.03. The van der Waals surface area contributed by atoms with Gasteiger partial charge in [0, 0.05) is 12.6 Å². The number of hydrogen-bond donors (Lipinski definition) is 1. The summed E-state index contributed by atoms with van der Waals surface area (Å²) in [6.07, 6.45) is -6.84. The molecule has 4 fully saturated rings. The van der Waals surface area contributed by atoms with E-state index in [1.165, 1.54) is 12.1 Å². The topological polar surface area (TPSA) is 77.9 Å². The van der Waals surface area contributed by atoms with Crippen molar-refractivity contribution in [1.82, 2.24) is 4.90 Å². The van der Waals surface area contributed by atoms with Gasteiger partial charge >= 0.3 is 18.3 Å². The summed E-state index contributed by atoms with van der Waals surface area (Å²) < 4.78 is 70.8. The zero-order valence-electron chi connectivity index (χ0n) is 17.5. The average Bonchev–Trinajstić information content (AvgIpc) is 3.00. The standard InChI is InChI=1S/C19H21F3N2O2.C2HF3O2/c1-2-8-23-10-11-6-7-14(23)16-15(11)17(25)24(18(16)26)13-5-3-4-12(9-13)19(20,21)22;3-2(4,5)1(6)7/h3-5,9,11,14-16H,2,6-8,10H2,1H3;(H,6,7)/t11?,14?,15-,16+;/m0./s1. The molecular formula is C21H22F6N2O4. The molecular weight excluding hydrogens is 458 g/mol. The number of imide groups is 1. The number of piperidine rings is 2. The molecule has 3 heterocycles. The lowest BCUT2D eigenvalue weighted by Crippen LogP contribution is -2.58. The number of nitrogens with zero attached hydrogens (tertiary/aromatic N) is 2. The molecule has 1 aromatic carbocycles. The Bertz CT molecular complexity index is 932. The lowest BCUT2D eigenvalue weighted by Gasteiger charge is -2.50. The van der Waals surface area contributed by atoms with Gasteiger partial charge in [-0.05, 0) is 49.9 Å². The number of hydrogen-bond acceptors (Lipinski definition) is 4. The molecule has 1 aromatic rings. The molecule has 0 aromatic heterocycles. The summed E-state index contributed by atoms with van der Waals surface area (Å²) in [5, 5.41) is 7.12. The van der Waals surface area contributed by atoms with E-state index in [0.29, 0.717) is 0 Å². The zero-order chi connectivity index (χ0) is 24.7. The number of amides is 2. The van der Waals surface area contributed by atoms with Gasteiger partial charge in [-0.3, -0.25) is 14.5 Å². The van der Waals surface area contributed by atoms with E-state index in [1.54, 1.807) is 0 Å². The minimum atomic E-state index is -5.08. The van der Waals surface area contributed by atoms with Crippen LogP contribution in [0, 0.1) is 17.8 Å². The molecule has 1 saturated carbocycles. The van der Waals surface area contributed by atoms with Crippen molar-refractivity contribution < 1.29 is 45.8 Å². The molecule has 2 bridgehead atoms. The van der Waals surface area contributed by atoms with Gasteiger partial charge in [-0.25, -0.2) is 9.69 Å². The van der Waals surface area contributed by atoms with Gasteiger partial charge < -0.3 is 5.11 Å². The normalized spacial score (nSPS) is 27.3. The molecule has 33 heavy (non-hydrogen) atoms. The molecule has 2 unspecified atom stereocenters. The highest BCUT2D eigenvalue weighted by Gasteiger charge is 2.60. The maximum Gasteiger partial charge on any atom is 0.490 e. The first-order valence-corrected chi connectivity index (χ1v) is 10.4. The van der Waals surface area contributed by atoms with Gasteiger partial charge in [0.15, 0.2) is 0 Å². The van der Waals surface area contributed by atoms with E-state index in [2.05, 4.69) is 11.8 Å². The smallest absolute Gasteiger partial charge is 0.475 e. The summed E-state index contributed by atoms with van der Waals surface area (Å²) in [6.45, 7) is 3.76. The molecule has 4 aliphatic rings. The Kier molecular flexibility index (Phi) is 6.79. The highest BCUT2D eigenvalue weighted by Crippen LogP contribution is 2.49.